The van der Waals surface area contributed by atoms with Crippen molar-refractivity contribution in [2.24, 2.45) is 4.99 Å². The smallest absolute Gasteiger partial charge is 0.191 e. The van der Waals surface area contributed by atoms with Gasteiger partial charge in [0.25, 0.3) is 0 Å². The van der Waals surface area contributed by atoms with Crippen LogP contribution in [0.3, 0.4) is 0 Å². The van der Waals surface area contributed by atoms with Gasteiger partial charge in [0, 0.05) is 37.3 Å². The molecule has 0 aromatic heterocycles. The summed E-state index contributed by atoms with van der Waals surface area (Å²) in [6.07, 6.45) is 1.02. The summed E-state index contributed by atoms with van der Waals surface area (Å²) in [5, 5.41) is 7.95. The number of rotatable bonds is 9. The first kappa shape index (κ1) is 24.7. The Hall–Kier alpha value is -0.280. The summed E-state index contributed by atoms with van der Waals surface area (Å²) in [6.45, 7) is 5.59. The van der Waals surface area contributed by atoms with Crippen LogP contribution in [0.5, 0.6) is 0 Å². The van der Waals surface area contributed by atoms with Crippen LogP contribution >= 0.6 is 47.2 Å². The predicted octanol–water partition coefficient (Wildman–Crippen LogP) is 3.81. The number of nitrogens with zero attached hydrogens (tertiary/aromatic N) is 2. The largest absolute Gasteiger partial charge is 0.383 e. The molecule has 0 bridgehead atoms. The summed E-state index contributed by atoms with van der Waals surface area (Å²) in [4.78, 5) is 6.51. The van der Waals surface area contributed by atoms with Gasteiger partial charge in [-0.2, -0.15) is 0 Å². The van der Waals surface area contributed by atoms with Crippen LogP contribution in [0.15, 0.2) is 23.2 Å². The number of hydrogen-bond donors (Lipinski definition) is 2. The zero-order valence-electron chi connectivity index (χ0n) is 15.3. The monoisotopic (exact) mass is 502 g/mol. The lowest BCUT2D eigenvalue weighted by Gasteiger charge is -2.20. The van der Waals surface area contributed by atoms with Gasteiger partial charge in [-0.25, -0.2) is 0 Å². The van der Waals surface area contributed by atoms with Crippen LogP contribution in [0.1, 0.15) is 24.9 Å². The minimum absolute atomic E-state index is 0. The molecule has 2 N–H and O–H groups in total. The second-order valence-electron chi connectivity index (χ2n) is 5.68. The van der Waals surface area contributed by atoms with E-state index in [1.165, 1.54) is 0 Å². The van der Waals surface area contributed by atoms with Crippen LogP contribution in [0.2, 0.25) is 10.0 Å². The highest BCUT2D eigenvalue weighted by molar-refractivity contribution is 14.0. The zero-order valence-corrected chi connectivity index (χ0v) is 19.2. The third kappa shape index (κ3) is 9.84. The van der Waals surface area contributed by atoms with E-state index >= 15 is 0 Å². The zero-order chi connectivity index (χ0) is 17.9. The minimum atomic E-state index is 0. The molecule has 0 aliphatic rings. The predicted molar refractivity (Wildman–Crippen MR) is 119 cm³/mol. The normalized spacial score (nSPS) is 12.7. The number of halogens is 3. The number of aliphatic imine (C=N–C) groups is 1. The Labute approximate surface area is 178 Å². The van der Waals surface area contributed by atoms with Gasteiger partial charge in [0.2, 0.25) is 0 Å². The van der Waals surface area contributed by atoms with Crippen molar-refractivity contribution in [3.63, 3.8) is 0 Å². The van der Waals surface area contributed by atoms with E-state index in [4.69, 9.17) is 27.9 Å². The summed E-state index contributed by atoms with van der Waals surface area (Å²) >= 11 is 12.2. The molecule has 5 nitrogen and oxygen atoms in total. The lowest BCUT2D eigenvalue weighted by Crippen LogP contribution is -2.40. The van der Waals surface area contributed by atoms with Gasteiger partial charge >= 0.3 is 0 Å². The summed E-state index contributed by atoms with van der Waals surface area (Å²) < 4.78 is 5.07. The van der Waals surface area contributed by atoms with Gasteiger partial charge in [0.05, 0.1) is 12.6 Å². The summed E-state index contributed by atoms with van der Waals surface area (Å²) in [7, 11) is 5.58. The molecule has 1 aromatic carbocycles. The van der Waals surface area contributed by atoms with E-state index in [-0.39, 0.29) is 30.0 Å². The van der Waals surface area contributed by atoms with E-state index in [2.05, 4.69) is 27.6 Å². The lowest BCUT2D eigenvalue weighted by molar-refractivity contribution is 0.161. The van der Waals surface area contributed by atoms with E-state index < -0.39 is 0 Å². The Bertz CT molecular complexity index is 531. The standard InChI is InChI=1S/C17H28Cl2N4O.HI/c1-13(15-7-6-14(18)12-16(15)19)22-17(20-2)21-8-5-9-23(3)10-11-24-4;/h6-7,12-13H,5,8-11H2,1-4H3,(H2,20,21,22);1H. The average Bonchev–Trinajstić information content (AvgIpc) is 2.55. The van der Waals surface area contributed by atoms with E-state index in [0.717, 1.165) is 44.2 Å². The topological polar surface area (TPSA) is 48.9 Å². The van der Waals surface area contributed by atoms with Crippen molar-refractivity contribution in [1.82, 2.24) is 15.5 Å². The second kappa shape index (κ2) is 13.9. The van der Waals surface area contributed by atoms with Gasteiger partial charge in [0.15, 0.2) is 5.96 Å². The molecular formula is C17H29Cl2IN4O. The highest BCUT2D eigenvalue weighted by atomic mass is 127. The van der Waals surface area contributed by atoms with Crippen molar-refractivity contribution in [2.45, 2.75) is 19.4 Å². The molecule has 0 aliphatic heterocycles. The summed E-state index contributed by atoms with van der Waals surface area (Å²) in [6, 6.07) is 5.56. The molecule has 0 saturated heterocycles. The number of benzene rings is 1. The van der Waals surface area contributed by atoms with E-state index in [9.17, 15) is 0 Å². The molecule has 0 fully saturated rings. The van der Waals surface area contributed by atoms with Crippen LogP contribution in [-0.2, 0) is 4.74 Å². The maximum Gasteiger partial charge on any atom is 0.191 e. The number of nitrogens with one attached hydrogen (secondary N) is 2. The molecule has 144 valence electrons. The number of methoxy groups -OCH3 is 1. The Morgan fingerprint density at radius 3 is 2.64 bits per heavy atom. The van der Waals surface area contributed by atoms with Crippen LogP contribution in [0.4, 0.5) is 0 Å². The molecule has 0 spiro atoms. The number of ether oxygens (including phenoxy) is 1. The molecule has 0 aliphatic carbocycles. The van der Waals surface area contributed by atoms with E-state index in [1.807, 2.05) is 19.1 Å². The van der Waals surface area contributed by atoms with Crippen LogP contribution < -0.4 is 10.6 Å². The summed E-state index contributed by atoms with van der Waals surface area (Å²) in [5.41, 5.74) is 0.989. The molecule has 1 aromatic rings. The molecule has 0 radical (unpaired) electrons. The fourth-order valence-corrected chi connectivity index (χ4v) is 2.82. The Balaban J connectivity index is 0.00000576. The third-order valence-corrected chi connectivity index (χ3v) is 4.25. The van der Waals surface area contributed by atoms with Crippen molar-refractivity contribution < 1.29 is 4.74 Å². The highest BCUT2D eigenvalue weighted by Crippen LogP contribution is 2.25. The fraction of sp³-hybridized carbons (Fsp3) is 0.588. The maximum absolute atomic E-state index is 6.25. The first-order valence-corrected chi connectivity index (χ1v) is 8.83. The second-order valence-corrected chi connectivity index (χ2v) is 6.52. The molecule has 1 atom stereocenters. The molecule has 25 heavy (non-hydrogen) atoms. The van der Waals surface area contributed by atoms with Crippen LogP contribution in [-0.4, -0.2) is 58.3 Å². The van der Waals surface area contributed by atoms with Crippen molar-refractivity contribution in [3.8, 4) is 0 Å². The Morgan fingerprint density at radius 1 is 1.32 bits per heavy atom. The van der Waals surface area contributed by atoms with Crippen molar-refractivity contribution >= 4 is 53.1 Å². The van der Waals surface area contributed by atoms with Crippen molar-refractivity contribution in [1.29, 1.82) is 0 Å². The average molecular weight is 503 g/mol. The molecule has 0 amide bonds. The lowest BCUT2D eigenvalue weighted by atomic mass is 10.1. The number of hydrogen-bond acceptors (Lipinski definition) is 3. The summed E-state index contributed by atoms with van der Waals surface area (Å²) in [5.74, 6) is 0.757. The van der Waals surface area contributed by atoms with Crippen LogP contribution in [0, 0.1) is 0 Å². The van der Waals surface area contributed by atoms with Gasteiger partial charge in [-0.3, -0.25) is 4.99 Å². The fourth-order valence-electron chi connectivity index (χ4n) is 2.24. The van der Waals surface area contributed by atoms with Gasteiger partial charge < -0.3 is 20.3 Å². The van der Waals surface area contributed by atoms with E-state index in [1.54, 1.807) is 20.2 Å². The first-order chi connectivity index (χ1) is 11.5. The molecule has 8 heteroatoms. The molecule has 1 rings (SSSR count). The quantitative estimate of drug-likeness (QED) is 0.233. The van der Waals surface area contributed by atoms with Gasteiger partial charge in [0.1, 0.15) is 0 Å². The van der Waals surface area contributed by atoms with Crippen molar-refractivity contribution in [2.75, 3.05) is 47.4 Å². The Morgan fingerprint density at radius 2 is 2.04 bits per heavy atom. The SMILES string of the molecule is CN=C(NCCCN(C)CCOC)NC(C)c1ccc(Cl)cc1Cl.I. The number of likely N-dealkylation sites (N-methyl/N-ethyl adjacent to an activating group) is 1. The van der Waals surface area contributed by atoms with Gasteiger partial charge in [-0.1, -0.05) is 29.3 Å². The molecule has 1 unspecified atom stereocenters. The highest BCUT2D eigenvalue weighted by Gasteiger charge is 2.11. The van der Waals surface area contributed by atoms with Crippen molar-refractivity contribution in [3.05, 3.63) is 33.8 Å². The van der Waals surface area contributed by atoms with Gasteiger partial charge in [-0.15, -0.1) is 24.0 Å². The Kier molecular flexibility index (Phi) is 13.7. The molecule has 0 heterocycles. The first-order valence-electron chi connectivity index (χ1n) is 8.07. The number of guanidine groups is 1. The molecular weight excluding hydrogens is 474 g/mol. The van der Waals surface area contributed by atoms with Crippen LogP contribution in [0.25, 0.3) is 0 Å². The third-order valence-electron chi connectivity index (χ3n) is 3.69. The minimum Gasteiger partial charge on any atom is -0.383 e. The van der Waals surface area contributed by atoms with Gasteiger partial charge in [-0.05, 0) is 44.6 Å². The van der Waals surface area contributed by atoms with E-state index in [0.29, 0.717) is 10.0 Å². The maximum atomic E-state index is 6.25. The molecule has 0 saturated carbocycles.